The van der Waals surface area contributed by atoms with Crippen LogP contribution in [-0.4, -0.2) is 15.2 Å². The second kappa shape index (κ2) is 8.05. The average molecular weight is 374 g/mol. The number of benzene rings is 2. The van der Waals surface area contributed by atoms with E-state index in [1.165, 1.54) is 6.07 Å². The Morgan fingerprint density at radius 2 is 1.93 bits per heavy atom. The third-order valence-electron chi connectivity index (χ3n) is 4.61. The van der Waals surface area contributed by atoms with Crippen molar-refractivity contribution in [2.45, 2.75) is 19.4 Å². The first-order valence-corrected chi connectivity index (χ1v) is 9.10. The number of Topliss-reactive ketones (excluding diaryl/α,β-unsaturated/α-hetero) is 1. The maximum absolute atomic E-state index is 13.7. The lowest BCUT2D eigenvalue weighted by Gasteiger charge is -2.09. The molecule has 2 heterocycles. The average Bonchev–Trinajstić information content (AvgIpc) is 3.19. The van der Waals surface area contributed by atoms with Crippen LogP contribution in [-0.2, 0) is 13.0 Å². The van der Waals surface area contributed by atoms with E-state index in [-0.39, 0.29) is 18.2 Å². The van der Waals surface area contributed by atoms with Gasteiger partial charge in [-0.1, -0.05) is 30.3 Å². The molecule has 0 radical (unpaired) electrons. The van der Waals surface area contributed by atoms with E-state index in [1.807, 2.05) is 47.1 Å². The van der Waals surface area contributed by atoms with Crippen LogP contribution in [0, 0.1) is 5.82 Å². The van der Waals surface area contributed by atoms with E-state index in [2.05, 4.69) is 4.98 Å². The molecule has 2 aromatic carbocycles. The van der Waals surface area contributed by atoms with Gasteiger partial charge in [-0.15, -0.1) is 0 Å². The molecule has 0 saturated carbocycles. The minimum absolute atomic E-state index is 0.0724. The van der Waals surface area contributed by atoms with E-state index < -0.39 is 0 Å². The van der Waals surface area contributed by atoms with E-state index in [0.29, 0.717) is 29.7 Å². The maximum Gasteiger partial charge on any atom is 0.163 e. The normalized spacial score (nSPS) is 10.9. The number of aromatic nitrogens is 2. The fraction of sp³-hybridized carbons (Fsp3) is 0.130. The van der Waals surface area contributed by atoms with E-state index in [1.54, 1.807) is 30.5 Å². The molecular weight excluding hydrogens is 355 g/mol. The third kappa shape index (κ3) is 4.09. The second-order valence-electron chi connectivity index (χ2n) is 6.56. The molecular formula is C23H19FN2O2. The number of pyridine rings is 1. The number of nitrogens with zero attached hydrogens (tertiary/aromatic N) is 2. The zero-order valence-electron chi connectivity index (χ0n) is 15.2. The summed E-state index contributed by atoms with van der Waals surface area (Å²) in [5, 5.41) is 0. The summed E-state index contributed by atoms with van der Waals surface area (Å²) in [5.74, 6) is 0.453. The Labute approximate surface area is 162 Å². The molecule has 0 aliphatic heterocycles. The molecule has 4 nitrogen and oxygen atoms in total. The Bertz CT molecular complexity index is 1120. The molecule has 0 aliphatic carbocycles. The van der Waals surface area contributed by atoms with Crippen molar-refractivity contribution in [3.8, 4) is 5.75 Å². The van der Waals surface area contributed by atoms with E-state index in [4.69, 9.17) is 4.74 Å². The largest absolute Gasteiger partial charge is 0.489 e. The van der Waals surface area contributed by atoms with Crippen LogP contribution in [0.15, 0.2) is 79.3 Å². The number of hydrogen-bond donors (Lipinski definition) is 0. The zero-order chi connectivity index (χ0) is 19.3. The highest BCUT2D eigenvalue weighted by molar-refractivity contribution is 5.96. The monoisotopic (exact) mass is 374 g/mol. The van der Waals surface area contributed by atoms with Crippen LogP contribution in [0.1, 0.15) is 27.9 Å². The first-order chi connectivity index (χ1) is 13.7. The van der Waals surface area contributed by atoms with Gasteiger partial charge in [0, 0.05) is 36.1 Å². The number of carbonyl (C=O) groups excluding carboxylic acids is 1. The lowest BCUT2D eigenvalue weighted by atomic mass is 10.0. The molecule has 0 fully saturated rings. The van der Waals surface area contributed by atoms with E-state index in [0.717, 1.165) is 11.2 Å². The van der Waals surface area contributed by atoms with Crippen molar-refractivity contribution < 1.29 is 13.9 Å². The Morgan fingerprint density at radius 3 is 2.82 bits per heavy atom. The predicted octanol–water partition coefficient (Wildman–Crippen LogP) is 4.87. The molecule has 0 atom stereocenters. The summed E-state index contributed by atoms with van der Waals surface area (Å²) < 4.78 is 21.3. The summed E-state index contributed by atoms with van der Waals surface area (Å²) in [6.45, 7) is 0.166. The number of carbonyl (C=O) groups is 1. The quantitative estimate of drug-likeness (QED) is 0.434. The van der Waals surface area contributed by atoms with Gasteiger partial charge in [0.05, 0.1) is 0 Å². The Hall–Kier alpha value is -3.47. The molecule has 2 aromatic heterocycles. The maximum atomic E-state index is 13.7. The molecule has 4 rings (SSSR count). The lowest BCUT2D eigenvalue weighted by Crippen LogP contribution is -2.03. The van der Waals surface area contributed by atoms with Crippen molar-refractivity contribution in [3.05, 3.63) is 102 Å². The fourth-order valence-electron chi connectivity index (χ4n) is 3.05. The van der Waals surface area contributed by atoms with Gasteiger partial charge in [0.1, 0.15) is 23.8 Å². The number of halogens is 1. The van der Waals surface area contributed by atoms with Crippen LogP contribution in [0.5, 0.6) is 5.75 Å². The summed E-state index contributed by atoms with van der Waals surface area (Å²) >= 11 is 0. The van der Waals surface area contributed by atoms with Gasteiger partial charge >= 0.3 is 0 Å². The Morgan fingerprint density at radius 1 is 1.04 bits per heavy atom. The van der Waals surface area contributed by atoms with Crippen LogP contribution < -0.4 is 4.74 Å². The molecule has 28 heavy (non-hydrogen) atoms. The predicted molar refractivity (Wildman–Crippen MR) is 105 cm³/mol. The van der Waals surface area contributed by atoms with Crippen LogP contribution in [0.25, 0.3) is 5.65 Å². The number of ketones is 1. The van der Waals surface area contributed by atoms with Crippen LogP contribution in [0.4, 0.5) is 4.39 Å². The van der Waals surface area contributed by atoms with Gasteiger partial charge in [0.2, 0.25) is 0 Å². The highest BCUT2D eigenvalue weighted by Gasteiger charge is 2.09. The van der Waals surface area contributed by atoms with Crippen LogP contribution in [0.2, 0.25) is 0 Å². The van der Waals surface area contributed by atoms with E-state index in [9.17, 15) is 9.18 Å². The third-order valence-corrected chi connectivity index (χ3v) is 4.61. The summed E-state index contributed by atoms with van der Waals surface area (Å²) in [7, 11) is 0. The molecule has 0 saturated heterocycles. The van der Waals surface area contributed by atoms with Gasteiger partial charge < -0.3 is 9.14 Å². The summed E-state index contributed by atoms with van der Waals surface area (Å²) in [6, 6.07) is 17.7. The SMILES string of the molecule is O=C(CCc1cccc(OCc2ccccc2F)c1)c1ccn2ccnc2c1. The molecule has 0 bridgehead atoms. The van der Waals surface area contributed by atoms with Crippen molar-refractivity contribution in [1.82, 2.24) is 9.38 Å². The number of aryl methyl sites for hydroxylation is 1. The summed E-state index contributed by atoms with van der Waals surface area (Å²) in [4.78, 5) is 16.7. The highest BCUT2D eigenvalue weighted by atomic mass is 19.1. The molecule has 0 unspecified atom stereocenters. The standard InChI is InChI=1S/C23H19FN2O2/c24-21-7-2-1-5-19(21)16-28-20-6-3-4-17(14-20)8-9-22(27)18-10-12-26-13-11-25-23(26)15-18/h1-7,10-15H,8-9,16H2. The Kier molecular flexibility index (Phi) is 5.15. The van der Waals surface area contributed by atoms with Crippen LogP contribution >= 0.6 is 0 Å². The molecule has 4 aromatic rings. The zero-order valence-corrected chi connectivity index (χ0v) is 15.2. The summed E-state index contributed by atoms with van der Waals surface area (Å²) in [5.41, 5.74) is 2.93. The topological polar surface area (TPSA) is 43.6 Å². The molecule has 0 aliphatic rings. The van der Waals surface area contributed by atoms with Gasteiger partial charge in [-0.2, -0.15) is 0 Å². The summed E-state index contributed by atoms with van der Waals surface area (Å²) in [6.07, 6.45) is 6.39. The smallest absolute Gasteiger partial charge is 0.163 e. The first-order valence-electron chi connectivity index (χ1n) is 9.10. The van der Waals surface area contributed by atoms with E-state index >= 15 is 0 Å². The van der Waals surface area contributed by atoms with Crippen molar-refractivity contribution in [2.24, 2.45) is 0 Å². The van der Waals surface area contributed by atoms with Gasteiger partial charge in [0.25, 0.3) is 0 Å². The molecule has 0 amide bonds. The van der Waals surface area contributed by atoms with Gasteiger partial charge in [0.15, 0.2) is 5.78 Å². The minimum Gasteiger partial charge on any atom is -0.489 e. The van der Waals surface area contributed by atoms with Gasteiger partial charge in [-0.05, 0) is 42.3 Å². The highest BCUT2D eigenvalue weighted by Crippen LogP contribution is 2.18. The number of rotatable bonds is 7. The minimum atomic E-state index is -0.279. The first kappa shape index (κ1) is 17.9. The fourth-order valence-corrected chi connectivity index (χ4v) is 3.05. The number of fused-ring (bicyclic) bond motifs is 1. The number of imidazole rings is 1. The molecule has 0 N–H and O–H groups in total. The van der Waals surface area contributed by atoms with Gasteiger partial charge in [-0.3, -0.25) is 4.79 Å². The second-order valence-corrected chi connectivity index (χ2v) is 6.56. The molecule has 140 valence electrons. The van der Waals surface area contributed by atoms with Crippen molar-refractivity contribution in [2.75, 3.05) is 0 Å². The van der Waals surface area contributed by atoms with Crippen LogP contribution in [0.3, 0.4) is 0 Å². The molecule has 5 heteroatoms. The number of ether oxygens (including phenoxy) is 1. The van der Waals surface area contributed by atoms with Crippen molar-refractivity contribution in [1.29, 1.82) is 0 Å². The lowest BCUT2D eigenvalue weighted by molar-refractivity contribution is 0.0982. The van der Waals surface area contributed by atoms with Crippen molar-refractivity contribution >= 4 is 11.4 Å². The Balaban J connectivity index is 1.37. The van der Waals surface area contributed by atoms with Gasteiger partial charge in [-0.25, -0.2) is 9.37 Å². The number of hydrogen-bond acceptors (Lipinski definition) is 3. The molecule has 0 spiro atoms. The van der Waals surface area contributed by atoms with Crippen molar-refractivity contribution in [3.63, 3.8) is 0 Å².